The second-order valence-corrected chi connectivity index (χ2v) is 9.79. The third kappa shape index (κ3) is 5.67. The molecule has 0 amide bonds. The van der Waals surface area contributed by atoms with Crippen LogP contribution in [0.4, 0.5) is 0 Å². The number of benzene rings is 3. The summed E-state index contributed by atoms with van der Waals surface area (Å²) >= 11 is 7.81. The van der Waals surface area contributed by atoms with E-state index in [1.807, 2.05) is 49.4 Å². The van der Waals surface area contributed by atoms with Crippen LogP contribution in [0.2, 0.25) is 5.02 Å². The van der Waals surface area contributed by atoms with Crippen molar-refractivity contribution in [3.8, 4) is 11.5 Å². The van der Waals surface area contributed by atoms with Crippen LogP contribution in [0, 0.1) is 5.41 Å². The Hall–Kier alpha value is -2.52. The summed E-state index contributed by atoms with van der Waals surface area (Å²) in [6, 6.07) is 17.3. The van der Waals surface area contributed by atoms with E-state index in [4.69, 9.17) is 28.9 Å². The Morgan fingerprint density at radius 1 is 1.09 bits per heavy atom. The van der Waals surface area contributed by atoms with E-state index >= 15 is 0 Å². The molecule has 0 heterocycles. The van der Waals surface area contributed by atoms with Gasteiger partial charge < -0.3 is 17.3 Å². The first kappa shape index (κ1) is 25.6. The molecule has 0 spiro atoms. The molecule has 0 radical (unpaired) electrons. The van der Waals surface area contributed by atoms with Gasteiger partial charge in [0.15, 0.2) is 28.8 Å². The molecule has 0 aromatic heterocycles. The summed E-state index contributed by atoms with van der Waals surface area (Å²) in [6.45, 7) is 2.20. The molecule has 1 saturated carbocycles. The van der Waals surface area contributed by atoms with Crippen LogP contribution in [0.1, 0.15) is 48.5 Å². The van der Waals surface area contributed by atoms with Crippen molar-refractivity contribution in [3.63, 3.8) is 0 Å². The van der Waals surface area contributed by atoms with Gasteiger partial charge in [-0.1, -0.05) is 54.1 Å². The molecule has 1 aliphatic carbocycles. The number of esters is 1. The van der Waals surface area contributed by atoms with Gasteiger partial charge in [0.25, 0.3) is 0 Å². The second kappa shape index (κ2) is 11.0. The van der Waals surface area contributed by atoms with E-state index in [0.717, 1.165) is 16.3 Å². The Labute approximate surface area is 223 Å². The number of halogens is 2. The molecule has 0 N–H and O–H groups in total. The summed E-state index contributed by atoms with van der Waals surface area (Å²) in [5.74, 6) is -0.0611. The number of fused-ring (bicyclic) bond motifs is 1. The van der Waals surface area contributed by atoms with Gasteiger partial charge in [-0.3, -0.25) is 4.79 Å². The average molecular weight is 609 g/mol. The molecule has 6 nitrogen and oxygen atoms in total. The predicted molar refractivity (Wildman–Crippen MR) is 142 cm³/mol. The van der Waals surface area contributed by atoms with E-state index < -0.39 is 11.4 Å². The van der Waals surface area contributed by atoms with Crippen molar-refractivity contribution in [3.05, 3.63) is 70.7 Å². The van der Waals surface area contributed by atoms with Crippen LogP contribution in [0.5, 0.6) is 11.5 Å². The van der Waals surface area contributed by atoms with Crippen molar-refractivity contribution in [1.29, 1.82) is 0 Å². The van der Waals surface area contributed by atoms with Crippen LogP contribution < -0.4 is 9.47 Å². The normalized spacial score (nSPS) is 19.7. The lowest BCUT2D eigenvalue weighted by Gasteiger charge is -2.35. The summed E-state index contributed by atoms with van der Waals surface area (Å²) < 4.78 is 21.9. The van der Waals surface area contributed by atoms with Gasteiger partial charge in [-0.15, -0.1) is 0 Å². The maximum absolute atomic E-state index is 13.0. The zero-order chi connectivity index (χ0) is 25.0. The molecule has 0 unspecified atom stereocenters. The number of carbonyl (C=O) groups excluding carboxylic acids is 2. The molecule has 8 heteroatoms. The van der Waals surface area contributed by atoms with Crippen LogP contribution in [0.15, 0.2) is 54.6 Å². The predicted octanol–water partition coefficient (Wildman–Crippen LogP) is 7.08. The topological polar surface area (TPSA) is 71.1 Å². The highest BCUT2D eigenvalue weighted by Crippen LogP contribution is 2.40. The molecule has 3 aromatic rings. The highest BCUT2D eigenvalue weighted by molar-refractivity contribution is 14.1. The fraction of sp³-hybridized carbons (Fsp3) is 0.333. The first-order chi connectivity index (χ1) is 16.8. The van der Waals surface area contributed by atoms with Gasteiger partial charge >= 0.3 is 11.9 Å². The van der Waals surface area contributed by atoms with Crippen molar-refractivity contribution in [1.82, 2.24) is 0 Å². The summed E-state index contributed by atoms with van der Waals surface area (Å²) in [7, 11) is 1.44. The summed E-state index contributed by atoms with van der Waals surface area (Å²) in [5, 5.41) is 2.48. The van der Waals surface area contributed by atoms with Crippen molar-refractivity contribution in [2.45, 2.75) is 45.3 Å². The SMILES string of the molecule is COc1c(Cl)cc(O[C@H]2CC[C@@](C)(C(=O)OCc3cccc4ccccc34)CC2)cc1C(=O)OI. The molecule has 4 rings (SSSR count). The second-order valence-electron chi connectivity index (χ2n) is 8.94. The van der Waals surface area contributed by atoms with Crippen molar-refractivity contribution >= 4 is 57.3 Å². The molecule has 35 heavy (non-hydrogen) atoms. The molecular formula is C27H26ClIO6. The molecule has 184 valence electrons. The van der Waals surface area contributed by atoms with Crippen molar-refractivity contribution in [2.75, 3.05) is 7.11 Å². The van der Waals surface area contributed by atoms with E-state index in [-0.39, 0.29) is 35.0 Å². The average Bonchev–Trinajstić information content (AvgIpc) is 2.87. The van der Waals surface area contributed by atoms with Crippen LogP contribution in [0.3, 0.4) is 0 Å². The molecule has 3 aromatic carbocycles. The number of rotatable bonds is 7. The first-order valence-electron chi connectivity index (χ1n) is 11.4. The Balaban J connectivity index is 1.37. The zero-order valence-electron chi connectivity index (χ0n) is 19.5. The van der Waals surface area contributed by atoms with Crippen LogP contribution in [-0.2, 0) is 19.2 Å². The monoisotopic (exact) mass is 608 g/mol. The van der Waals surface area contributed by atoms with Crippen LogP contribution >= 0.6 is 34.6 Å². The molecule has 0 bridgehead atoms. The summed E-state index contributed by atoms with van der Waals surface area (Å²) in [5.41, 5.74) is 0.620. The van der Waals surface area contributed by atoms with E-state index in [2.05, 4.69) is 0 Å². The summed E-state index contributed by atoms with van der Waals surface area (Å²) in [6.07, 6.45) is 2.52. The van der Waals surface area contributed by atoms with Gasteiger partial charge in [0.05, 0.1) is 23.7 Å². The van der Waals surface area contributed by atoms with Gasteiger partial charge in [0.2, 0.25) is 0 Å². The maximum atomic E-state index is 13.0. The fourth-order valence-electron chi connectivity index (χ4n) is 4.52. The number of hydrogen-bond acceptors (Lipinski definition) is 6. The Kier molecular flexibility index (Phi) is 8.06. The smallest absolute Gasteiger partial charge is 0.351 e. The van der Waals surface area contributed by atoms with E-state index in [9.17, 15) is 9.59 Å². The molecule has 0 aliphatic heterocycles. The minimum atomic E-state index is -0.571. The largest absolute Gasteiger partial charge is 0.494 e. The van der Waals surface area contributed by atoms with Gasteiger partial charge in [0, 0.05) is 6.07 Å². The van der Waals surface area contributed by atoms with Crippen LogP contribution in [-0.4, -0.2) is 25.2 Å². The standard InChI is InChI=1S/C27H26ClIO6/c1-27(26(31)33-16-18-8-5-7-17-6-3-4-9-21(17)18)12-10-19(11-13-27)34-20-14-22(25(30)35-29)24(32-2)23(28)15-20/h3-9,14-15,19H,10-13,16H2,1-2H3/t19-,27+. The fourth-order valence-corrected chi connectivity index (χ4v) is 5.04. The quantitative estimate of drug-likeness (QED) is 0.211. The Bertz CT molecular complexity index is 1230. The first-order valence-corrected chi connectivity index (χ1v) is 12.6. The molecule has 0 atom stereocenters. The lowest BCUT2D eigenvalue weighted by atomic mass is 9.74. The third-order valence-electron chi connectivity index (χ3n) is 6.58. The van der Waals surface area contributed by atoms with Gasteiger partial charge in [-0.05, 0) is 55.0 Å². The number of ether oxygens (including phenoxy) is 3. The van der Waals surface area contributed by atoms with E-state index in [1.165, 1.54) is 30.1 Å². The zero-order valence-corrected chi connectivity index (χ0v) is 22.4. The molecule has 1 fully saturated rings. The van der Waals surface area contributed by atoms with E-state index in [0.29, 0.717) is 31.4 Å². The number of hydrogen-bond donors (Lipinski definition) is 0. The minimum Gasteiger partial charge on any atom is -0.494 e. The van der Waals surface area contributed by atoms with Gasteiger partial charge in [0.1, 0.15) is 17.9 Å². The highest BCUT2D eigenvalue weighted by atomic mass is 127. The highest BCUT2D eigenvalue weighted by Gasteiger charge is 2.39. The van der Waals surface area contributed by atoms with Crippen molar-refractivity contribution < 1.29 is 26.9 Å². The van der Waals surface area contributed by atoms with E-state index in [1.54, 1.807) is 12.1 Å². The maximum Gasteiger partial charge on any atom is 0.351 e. The third-order valence-corrected chi connectivity index (χ3v) is 7.26. The minimum absolute atomic E-state index is 0.109. The van der Waals surface area contributed by atoms with Crippen molar-refractivity contribution in [2.24, 2.45) is 5.41 Å². The lowest BCUT2D eigenvalue weighted by Crippen LogP contribution is -2.37. The Morgan fingerprint density at radius 2 is 1.80 bits per heavy atom. The number of methoxy groups -OCH3 is 1. The molecule has 1 aliphatic rings. The van der Waals surface area contributed by atoms with Gasteiger partial charge in [-0.2, -0.15) is 0 Å². The molecule has 0 saturated heterocycles. The van der Waals surface area contributed by atoms with Gasteiger partial charge in [-0.25, -0.2) is 4.79 Å². The van der Waals surface area contributed by atoms with Crippen LogP contribution in [0.25, 0.3) is 10.8 Å². The summed E-state index contributed by atoms with van der Waals surface area (Å²) in [4.78, 5) is 25.1. The Morgan fingerprint density at radius 3 is 2.51 bits per heavy atom. The molecular weight excluding hydrogens is 583 g/mol. The number of carbonyl (C=O) groups is 2. The lowest BCUT2D eigenvalue weighted by molar-refractivity contribution is -0.159.